The molecule has 0 bridgehead atoms. The Kier molecular flexibility index (Phi) is 7.48. The van der Waals surface area contributed by atoms with Crippen LogP contribution in [-0.4, -0.2) is 28.3 Å². The zero-order valence-corrected chi connectivity index (χ0v) is 19.6. The summed E-state index contributed by atoms with van der Waals surface area (Å²) in [6, 6.07) is 12.9. The van der Waals surface area contributed by atoms with Crippen molar-refractivity contribution in [1.82, 2.24) is 4.98 Å². The molecule has 0 aliphatic heterocycles. The first-order valence-electron chi connectivity index (χ1n) is 11.2. The van der Waals surface area contributed by atoms with Crippen LogP contribution < -0.4 is 0 Å². The molecule has 1 aromatic heterocycles. The fraction of sp³-hybridized carbons (Fsp3) is 0.385. The maximum absolute atomic E-state index is 11.6. The highest BCUT2D eigenvalue weighted by atomic mass is 35.5. The summed E-state index contributed by atoms with van der Waals surface area (Å²) in [7, 11) is 0. The van der Waals surface area contributed by atoms with Crippen LogP contribution >= 0.6 is 11.6 Å². The van der Waals surface area contributed by atoms with Gasteiger partial charge in [-0.1, -0.05) is 35.9 Å². The van der Waals surface area contributed by atoms with Crippen LogP contribution in [0.15, 0.2) is 46.9 Å². The molecular formula is C26H28ClNO5. The second kappa shape index (κ2) is 10.5. The summed E-state index contributed by atoms with van der Waals surface area (Å²) in [5, 5.41) is 10.2. The van der Waals surface area contributed by atoms with Gasteiger partial charge in [-0.05, 0) is 68.9 Å². The molecule has 7 heteroatoms. The first-order chi connectivity index (χ1) is 15.9. The summed E-state index contributed by atoms with van der Waals surface area (Å²) in [6.07, 6.45) is 3.77. The molecule has 33 heavy (non-hydrogen) atoms. The summed E-state index contributed by atoms with van der Waals surface area (Å²) < 4.78 is 18.1. The number of carboxylic acids is 1. The number of aromatic carboxylic acids is 1. The molecule has 1 aliphatic rings. The van der Waals surface area contributed by atoms with Crippen LogP contribution in [0.1, 0.15) is 58.6 Å². The number of hydrogen-bond donors (Lipinski definition) is 1. The number of aromatic nitrogens is 1. The van der Waals surface area contributed by atoms with Crippen molar-refractivity contribution < 1.29 is 23.8 Å². The van der Waals surface area contributed by atoms with E-state index in [1.54, 1.807) is 13.0 Å². The van der Waals surface area contributed by atoms with Gasteiger partial charge in [-0.25, -0.2) is 9.78 Å². The standard InChI is InChI=1S/C26H28ClNO5/c1-16-6-3-8-19(24(16)26(29)30)14-31-21-10-5-11-22(13-21)32-15-23-17(2)33-25(28-23)18-7-4-9-20(27)12-18/h3-4,6-9,12,21-22H,5,10-11,13-15H2,1-2H3,(H,29,30)/t21-,22+/m1/s1. The highest BCUT2D eigenvalue weighted by molar-refractivity contribution is 6.30. The van der Waals surface area contributed by atoms with E-state index < -0.39 is 5.97 Å². The maximum atomic E-state index is 11.6. The quantitative estimate of drug-likeness (QED) is 0.413. The average Bonchev–Trinajstić information content (AvgIpc) is 3.17. The fourth-order valence-corrected chi connectivity index (χ4v) is 4.46. The van der Waals surface area contributed by atoms with Crippen molar-refractivity contribution in [1.29, 1.82) is 0 Å². The summed E-state index contributed by atoms with van der Waals surface area (Å²) in [5.74, 6) is 0.344. The van der Waals surface area contributed by atoms with E-state index in [0.29, 0.717) is 28.6 Å². The molecule has 1 fully saturated rings. The number of carboxylic acid groups (broad SMARTS) is 1. The molecule has 1 saturated carbocycles. The highest BCUT2D eigenvalue weighted by Gasteiger charge is 2.25. The lowest BCUT2D eigenvalue weighted by molar-refractivity contribution is -0.0564. The Morgan fingerprint density at radius 3 is 2.58 bits per heavy atom. The molecule has 1 heterocycles. The number of carbonyl (C=O) groups is 1. The zero-order chi connectivity index (χ0) is 23.4. The van der Waals surface area contributed by atoms with Gasteiger partial charge in [0, 0.05) is 10.6 Å². The minimum absolute atomic E-state index is 0.0336. The summed E-state index contributed by atoms with van der Waals surface area (Å²) >= 11 is 6.08. The van der Waals surface area contributed by atoms with Gasteiger partial charge in [0.25, 0.3) is 0 Å². The number of benzene rings is 2. The lowest BCUT2D eigenvalue weighted by atomic mass is 9.94. The highest BCUT2D eigenvalue weighted by Crippen LogP contribution is 2.28. The van der Waals surface area contributed by atoms with Crippen molar-refractivity contribution in [2.24, 2.45) is 0 Å². The Bertz CT molecular complexity index is 1130. The van der Waals surface area contributed by atoms with Crippen LogP contribution in [0.4, 0.5) is 0 Å². The smallest absolute Gasteiger partial charge is 0.336 e. The Hall–Kier alpha value is -2.67. The van der Waals surface area contributed by atoms with E-state index in [2.05, 4.69) is 4.98 Å². The molecule has 1 aliphatic carbocycles. The fourth-order valence-electron chi connectivity index (χ4n) is 4.27. The third-order valence-corrected chi connectivity index (χ3v) is 6.28. The van der Waals surface area contributed by atoms with Gasteiger partial charge >= 0.3 is 5.97 Å². The number of ether oxygens (including phenoxy) is 2. The average molecular weight is 470 g/mol. The van der Waals surface area contributed by atoms with Crippen LogP contribution in [0.5, 0.6) is 0 Å². The van der Waals surface area contributed by atoms with Crippen LogP contribution in [0, 0.1) is 13.8 Å². The SMILES string of the molecule is Cc1cccc(CO[C@@H]2CCC[C@H](OCc3nc(-c4cccc(Cl)c4)oc3C)C2)c1C(=O)O. The number of halogens is 1. The predicted molar refractivity (Wildman–Crippen MR) is 125 cm³/mol. The number of rotatable bonds is 8. The third-order valence-electron chi connectivity index (χ3n) is 6.05. The van der Waals surface area contributed by atoms with E-state index in [1.165, 1.54) is 0 Å². The molecule has 0 spiro atoms. The maximum Gasteiger partial charge on any atom is 0.336 e. The van der Waals surface area contributed by atoms with Gasteiger partial charge in [0.05, 0.1) is 31.0 Å². The topological polar surface area (TPSA) is 81.8 Å². The van der Waals surface area contributed by atoms with Gasteiger partial charge in [-0.2, -0.15) is 0 Å². The summed E-state index contributed by atoms with van der Waals surface area (Å²) in [6.45, 7) is 4.34. The van der Waals surface area contributed by atoms with Gasteiger partial charge in [0.2, 0.25) is 5.89 Å². The summed E-state index contributed by atoms with van der Waals surface area (Å²) in [4.78, 5) is 16.2. The molecule has 3 aromatic rings. The molecule has 0 radical (unpaired) electrons. The Balaban J connectivity index is 1.33. The number of nitrogens with zero attached hydrogens (tertiary/aromatic N) is 1. The molecule has 174 valence electrons. The van der Waals surface area contributed by atoms with Gasteiger partial charge in [0.15, 0.2) is 0 Å². The first kappa shape index (κ1) is 23.5. The van der Waals surface area contributed by atoms with Crippen molar-refractivity contribution in [3.05, 3.63) is 75.6 Å². The molecule has 6 nitrogen and oxygen atoms in total. The van der Waals surface area contributed by atoms with E-state index >= 15 is 0 Å². The second-order valence-corrected chi connectivity index (χ2v) is 8.92. The summed E-state index contributed by atoms with van der Waals surface area (Å²) in [5.41, 5.74) is 3.39. The Labute approximate surface area is 198 Å². The second-order valence-electron chi connectivity index (χ2n) is 8.48. The molecule has 2 atom stereocenters. The van der Waals surface area contributed by atoms with Gasteiger partial charge < -0.3 is 19.0 Å². The number of oxazole rings is 1. The molecule has 2 aromatic carbocycles. The zero-order valence-electron chi connectivity index (χ0n) is 18.8. The van der Waals surface area contributed by atoms with E-state index in [0.717, 1.165) is 48.3 Å². The van der Waals surface area contributed by atoms with Gasteiger partial charge in [0.1, 0.15) is 11.5 Å². The van der Waals surface area contributed by atoms with E-state index in [9.17, 15) is 9.90 Å². The number of aryl methyl sites for hydroxylation is 2. The molecule has 0 saturated heterocycles. The van der Waals surface area contributed by atoms with Crippen LogP contribution in [0.3, 0.4) is 0 Å². The molecule has 0 unspecified atom stereocenters. The van der Waals surface area contributed by atoms with E-state index in [1.807, 2.05) is 43.3 Å². The minimum Gasteiger partial charge on any atom is -0.478 e. The lowest BCUT2D eigenvalue weighted by Gasteiger charge is -2.29. The first-order valence-corrected chi connectivity index (χ1v) is 11.6. The normalized spacial score (nSPS) is 18.4. The van der Waals surface area contributed by atoms with Crippen molar-refractivity contribution in [3.63, 3.8) is 0 Å². The molecule has 4 rings (SSSR count). The van der Waals surface area contributed by atoms with Crippen LogP contribution in [-0.2, 0) is 22.7 Å². The predicted octanol–water partition coefficient (Wildman–Crippen LogP) is 6.35. The number of hydrogen-bond acceptors (Lipinski definition) is 5. The largest absolute Gasteiger partial charge is 0.478 e. The minimum atomic E-state index is -0.920. The van der Waals surface area contributed by atoms with Crippen molar-refractivity contribution in [2.75, 3.05) is 0 Å². The van der Waals surface area contributed by atoms with Crippen LogP contribution in [0.25, 0.3) is 11.5 Å². The molecular weight excluding hydrogens is 442 g/mol. The van der Waals surface area contributed by atoms with Crippen molar-refractivity contribution >= 4 is 17.6 Å². The van der Waals surface area contributed by atoms with E-state index in [4.69, 9.17) is 25.5 Å². The Morgan fingerprint density at radius 1 is 1.12 bits per heavy atom. The monoisotopic (exact) mass is 469 g/mol. The lowest BCUT2D eigenvalue weighted by Crippen LogP contribution is -2.28. The van der Waals surface area contributed by atoms with E-state index in [-0.39, 0.29) is 18.8 Å². The molecule has 1 N–H and O–H groups in total. The van der Waals surface area contributed by atoms with Gasteiger partial charge in [-0.3, -0.25) is 0 Å². The third kappa shape index (κ3) is 5.82. The van der Waals surface area contributed by atoms with Crippen LogP contribution in [0.2, 0.25) is 5.02 Å². The Morgan fingerprint density at radius 2 is 1.85 bits per heavy atom. The van der Waals surface area contributed by atoms with Crippen molar-refractivity contribution in [2.45, 2.75) is 65.0 Å². The van der Waals surface area contributed by atoms with Gasteiger partial charge in [-0.15, -0.1) is 0 Å². The molecule has 0 amide bonds. The van der Waals surface area contributed by atoms with Crippen molar-refractivity contribution in [3.8, 4) is 11.5 Å².